The number of halogens is 1. The second-order valence-corrected chi connectivity index (χ2v) is 6.37. The average molecular weight is 307 g/mol. The molecular formula is C13H23BrO3. The number of alkyl halides is 1. The smallest absolute Gasteiger partial charge is 0.315 e. The molecule has 0 aromatic heterocycles. The summed E-state index contributed by atoms with van der Waals surface area (Å²) in [7, 11) is 1.30. The van der Waals surface area contributed by atoms with E-state index in [0.29, 0.717) is 0 Å². The van der Waals surface area contributed by atoms with Crippen LogP contribution in [-0.2, 0) is 14.3 Å². The van der Waals surface area contributed by atoms with Crippen molar-refractivity contribution in [3.8, 4) is 0 Å². The van der Waals surface area contributed by atoms with E-state index in [1.807, 2.05) is 6.92 Å². The van der Waals surface area contributed by atoms with Gasteiger partial charge >= 0.3 is 5.97 Å². The number of hydrogen-bond acceptors (Lipinski definition) is 3. The number of esters is 1. The third kappa shape index (κ3) is 5.66. The Bertz CT molecular complexity index is 261. The molecule has 0 unspecified atom stereocenters. The topological polar surface area (TPSA) is 43.4 Å². The van der Waals surface area contributed by atoms with E-state index in [1.165, 1.54) is 20.0 Å². The van der Waals surface area contributed by atoms with Crippen molar-refractivity contribution >= 4 is 27.7 Å². The molecule has 0 heterocycles. The summed E-state index contributed by atoms with van der Waals surface area (Å²) in [5, 5.41) is 0. The van der Waals surface area contributed by atoms with Crippen LogP contribution in [0.15, 0.2) is 0 Å². The lowest BCUT2D eigenvalue weighted by Crippen LogP contribution is -2.37. The van der Waals surface area contributed by atoms with E-state index in [9.17, 15) is 9.59 Å². The lowest BCUT2D eigenvalue weighted by molar-refractivity contribution is -0.149. The monoisotopic (exact) mass is 306 g/mol. The van der Waals surface area contributed by atoms with Crippen molar-refractivity contribution in [3.05, 3.63) is 0 Å². The van der Waals surface area contributed by atoms with E-state index in [-0.39, 0.29) is 5.78 Å². The predicted octanol–water partition coefficient (Wildman–Crippen LogP) is 3.49. The van der Waals surface area contributed by atoms with Crippen molar-refractivity contribution in [1.82, 2.24) is 0 Å². The summed E-state index contributed by atoms with van der Waals surface area (Å²) in [4.78, 5) is 23.4. The molecule has 0 aliphatic heterocycles. The van der Waals surface area contributed by atoms with Gasteiger partial charge in [0.05, 0.1) is 11.4 Å². The molecule has 0 aliphatic carbocycles. The Hall–Kier alpha value is -0.380. The van der Waals surface area contributed by atoms with Gasteiger partial charge in [-0.15, -0.1) is 0 Å². The summed E-state index contributed by atoms with van der Waals surface area (Å²) < 4.78 is 3.97. The van der Waals surface area contributed by atoms with Gasteiger partial charge in [-0.1, -0.05) is 48.5 Å². The summed E-state index contributed by atoms with van der Waals surface area (Å²) in [6.45, 7) is 5.58. The lowest BCUT2D eigenvalue weighted by atomic mass is 9.91. The maximum absolute atomic E-state index is 12.1. The van der Waals surface area contributed by atoms with Gasteiger partial charge in [0.1, 0.15) is 5.92 Å². The molecule has 0 aromatic rings. The molecule has 0 aliphatic rings. The van der Waals surface area contributed by atoms with Crippen LogP contribution in [0.4, 0.5) is 0 Å². The van der Waals surface area contributed by atoms with Crippen molar-refractivity contribution in [2.45, 2.75) is 57.2 Å². The maximum atomic E-state index is 12.1. The van der Waals surface area contributed by atoms with E-state index >= 15 is 0 Å². The highest BCUT2D eigenvalue weighted by molar-refractivity contribution is 9.10. The Morgan fingerprint density at radius 1 is 1.29 bits per heavy atom. The molecule has 0 amide bonds. The maximum Gasteiger partial charge on any atom is 0.315 e. The third-order valence-electron chi connectivity index (χ3n) is 2.96. The van der Waals surface area contributed by atoms with Crippen LogP contribution in [0.5, 0.6) is 0 Å². The minimum absolute atomic E-state index is 0.0964. The molecule has 0 N–H and O–H groups in total. The molecule has 4 heteroatoms. The molecule has 100 valence electrons. The molecule has 3 nitrogen and oxygen atoms in total. The predicted molar refractivity (Wildman–Crippen MR) is 72.3 cm³/mol. The number of ketones is 1. The van der Waals surface area contributed by atoms with Crippen LogP contribution in [0.25, 0.3) is 0 Å². The van der Waals surface area contributed by atoms with Crippen LogP contribution < -0.4 is 0 Å². The van der Waals surface area contributed by atoms with Crippen molar-refractivity contribution in [2.75, 3.05) is 7.11 Å². The first kappa shape index (κ1) is 16.6. The number of unbranched alkanes of at least 4 members (excludes halogenated alkanes) is 3. The Labute approximate surface area is 112 Å². The van der Waals surface area contributed by atoms with Crippen LogP contribution in [0.1, 0.15) is 52.9 Å². The minimum Gasteiger partial charge on any atom is -0.468 e. The minimum atomic E-state index is -0.699. The Kier molecular flexibility index (Phi) is 7.68. The number of Topliss-reactive ketones (excluding diaryl/α,β-unsaturated/α-hetero) is 1. The summed E-state index contributed by atoms with van der Waals surface area (Å²) in [5.74, 6) is -1.26. The molecule has 0 radical (unpaired) electrons. The van der Waals surface area contributed by atoms with Gasteiger partial charge in [0.15, 0.2) is 5.78 Å². The summed E-state index contributed by atoms with van der Waals surface area (Å²) in [5.41, 5.74) is 0. The molecule has 2 atom stereocenters. The molecule has 0 saturated heterocycles. The lowest BCUT2D eigenvalue weighted by Gasteiger charge is -2.23. The second kappa shape index (κ2) is 7.85. The first-order valence-electron chi connectivity index (χ1n) is 6.17. The number of carbonyl (C=O) groups excluding carboxylic acids is 2. The fraction of sp³-hybridized carbons (Fsp3) is 0.846. The molecule has 0 bridgehead atoms. The number of carbonyl (C=O) groups is 2. The van der Waals surface area contributed by atoms with Gasteiger partial charge in [-0.3, -0.25) is 9.59 Å². The highest BCUT2D eigenvalue weighted by Crippen LogP contribution is 2.29. The summed E-state index contributed by atoms with van der Waals surface area (Å²) in [6.07, 6.45) is 5.23. The zero-order valence-corrected chi connectivity index (χ0v) is 12.8. The molecule has 0 fully saturated rings. The first-order valence-corrected chi connectivity index (χ1v) is 6.97. The van der Waals surface area contributed by atoms with Gasteiger partial charge in [0.2, 0.25) is 0 Å². The van der Waals surface area contributed by atoms with Crippen molar-refractivity contribution in [3.63, 3.8) is 0 Å². The number of methoxy groups -OCH3 is 1. The van der Waals surface area contributed by atoms with Gasteiger partial charge in [0, 0.05) is 0 Å². The highest BCUT2D eigenvalue weighted by atomic mass is 79.9. The first-order chi connectivity index (χ1) is 7.86. The van der Waals surface area contributed by atoms with E-state index in [0.717, 1.165) is 19.3 Å². The van der Waals surface area contributed by atoms with Gasteiger partial charge in [-0.2, -0.15) is 0 Å². The molecule has 17 heavy (non-hydrogen) atoms. The van der Waals surface area contributed by atoms with Crippen LogP contribution in [0.3, 0.4) is 0 Å². The molecule has 0 spiro atoms. The molecule has 0 saturated carbocycles. The van der Waals surface area contributed by atoms with Crippen molar-refractivity contribution in [1.29, 1.82) is 0 Å². The van der Waals surface area contributed by atoms with E-state index in [1.54, 1.807) is 6.92 Å². The van der Waals surface area contributed by atoms with Crippen LogP contribution in [-0.4, -0.2) is 23.2 Å². The largest absolute Gasteiger partial charge is 0.468 e. The Balaban J connectivity index is 4.28. The van der Waals surface area contributed by atoms with Crippen LogP contribution in [0.2, 0.25) is 0 Å². The van der Waals surface area contributed by atoms with E-state index < -0.39 is 16.2 Å². The quantitative estimate of drug-likeness (QED) is 0.298. The number of hydrogen-bond donors (Lipinski definition) is 0. The SMILES string of the molecule is CCCCCC[C@](C)(Br)C(=O)[C@@H](C)C(=O)OC. The summed E-state index contributed by atoms with van der Waals surface area (Å²) >= 11 is 3.44. The van der Waals surface area contributed by atoms with Crippen molar-refractivity contribution in [2.24, 2.45) is 5.92 Å². The Morgan fingerprint density at radius 2 is 1.88 bits per heavy atom. The van der Waals surface area contributed by atoms with E-state index in [4.69, 9.17) is 0 Å². The second-order valence-electron chi connectivity index (χ2n) is 4.62. The molecule has 0 aromatic carbocycles. The summed E-state index contributed by atoms with van der Waals surface area (Å²) in [6, 6.07) is 0. The van der Waals surface area contributed by atoms with Crippen LogP contribution >= 0.6 is 15.9 Å². The van der Waals surface area contributed by atoms with Gasteiger partial charge in [-0.25, -0.2) is 0 Å². The molecule has 0 rings (SSSR count). The Morgan fingerprint density at radius 3 is 2.35 bits per heavy atom. The fourth-order valence-electron chi connectivity index (χ4n) is 1.74. The van der Waals surface area contributed by atoms with Crippen molar-refractivity contribution < 1.29 is 14.3 Å². The van der Waals surface area contributed by atoms with Gasteiger partial charge in [0.25, 0.3) is 0 Å². The highest BCUT2D eigenvalue weighted by Gasteiger charge is 2.36. The van der Waals surface area contributed by atoms with E-state index in [2.05, 4.69) is 27.6 Å². The normalized spacial score (nSPS) is 16.1. The fourth-order valence-corrected chi connectivity index (χ4v) is 2.37. The average Bonchev–Trinajstić information content (AvgIpc) is 2.31. The van der Waals surface area contributed by atoms with Crippen LogP contribution in [0, 0.1) is 5.92 Å². The third-order valence-corrected chi connectivity index (χ3v) is 3.75. The zero-order chi connectivity index (χ0) is 13.5. The zero-order valence-electron chi connectivity index (χ0n) is 11.2. The number of ether oxygens (including phenoxy) is 1. The number of rotatable bonds is 8. The standard InChI is InChI=1S/C13H23BrO3/c1-5-6-7-8-9-13(3,14)11(15)10(2)12(16)17-4/h10H,5-9H2,1-4H3/t10-,13+/m1/s1. The van der Waals surface area contributed by atoms with Gasteiger partial charge < -0.3 is 4.74 Å². The van der Waals surface area contributed by atoms with Gasteiger partial charge in [-0.05, 0) is 20.3 Å². The molecular weight excluding hydrogens is 284 g/mol.